The van der Waals surface area contributed by atoms with E-state index < -0.39 is 0 Å². The van der Waals surface area contributed by atoms with Crippen LogP contribution in [0.5, 0.6) is 0 Å². The number of benzene rings is 1. The van der Waals surface area contributed by atoms with E-state index in [2.05, 4.69) is 20.4 Å². The van der Waals surface area contributed by atoms with Gasteiger partial charge in [0, 0.05) is 29.3 Å². The summed E-state index contributed by atoms with van der Waals surface area (Å²) >= 11 is 5.29. The molecule has 1 amide bonds. The van der Waals surface area contributed by atoms with Crippen LogP contribution < -0.4 is 5.32 Å². The van der Waals surface area contributed by atoms with Crippen LogP contribution in [0, 0.1) is 25.5 Å². The minimum absolute atomic E-state index is 0.294. The Bertz CT molecular complexity index is 1540. The Morgan fingerprint density at radius 1 is 1.19 bits per heavy atom. The van der Waals surface area contributed by atoms with Gasteiger partial charge >= 0.3 is 0 Å². The molecule has 32 heavy (non-hydrogen) atoms. The Kier molecular flexibility index (Phi) is 4.75. The molecular formula is C23H19N5O3S. The van der Waals surface area contributed by atoms with Gasteiger partial charge in [0.15, 0.2) is 4.77 Å². The zero-order valence-electron chi connectivity index (χ0n) is 17.6. The number of aromatic nitrogens is 4. The fraction of sp³-hybridized carbons (Fsp3) is 0.130. The SMILES string of the molecule is Cc1cc(-c2cc(C(=O)Nc3cccc(-n4cc[nH]c4=S)c3)c3c(C)noc3n2)c(C)o1. The van der Waals surface area contributed by atoms with E-state index in [0.717, 1.165) is 17.0 Å². The van der Waals surface area contributed by atoms with Crippen LogP contribution in [0.15, 0.2) is 57.7 Å². The molecule has 0 aliphatic carbocycles. The molecule has 1 aromatic carbocycles. The largest absolute Gasteiger partial charge is 0.466 e. The number of pyridine rings is 1. The summed E-state index contributed by atoms with van der Waals surface area (Å²) in [6.45, 7) is 5.51. The Labute approximate surface area is 187 Å². The number of rotatable bonds is 4. The Hall–Kier alpha value is -3.98. The van der Waals surface area contributed by atoms with Crippen molar-refractivity contribution in [2.24, 2.45) is 0 Å². The number of imidazole rings is 1. The molecule has 0 spiro atoms. The lowest BCUT2D eigenvalue weighted by atomic mass is 10.1. The molecule has 0 fully saturated rings. The molecule has 5 aromatic rings. The summed E-state index contributed by atoms with van der Waals surface area (Å²) in [5.41, 5.74) is 4.17. The van der Waals surface area contributed by atoms with Crippen LogP contribution in [0.2, 0.25) is 0 Å². The van der Waals surface area contributed by atoms with E-state index in [-0.39, 0.29) is 5.91 Å². The Balaban J connectivity index is 1.56. The average molecular weight is 446 g/mol. The van der Waals surface area contributed by atoms with E-state index in [4.69, 9.17) is 21.2 Å². The molecule has 0 unspecified atom stereocenters. The van der Waals surface area contributed by atoms with E-state index in [9.17, 15) is 4.79 Å². The van der Waals surface area contributed by atoms with Gasteiger partial charge in [-0.1, -0.05) is 11.2 Å². The minimum atomic E-state index is -0.294. The molecular weight excluding hydrogens is 426 g/mol. The van der Waals surface area contributed by atoms with Gasteiger partial charge in [-0.15, -0.1) is 0 Å². The lowest BCUT2D eigenvalue weighted by molar-refractivity contribution is 0.102. The van der Waals surface area contributed by atoms with Gasteiger partial charge in [-0.05, 0) is 63.3 Å². The van der Waals surface area contributed by atoms with Crippen molar-refractivity contribution in [2.45, 2.75) is 20.8 Å². The average Bonchev–Trinajstić information content (AvgIpc) is 3.46. The molecule has 4 heterocycles. The van der Waals surface area contributed by atoms with Crippen molar-refractivity contribution in [3.05, 3.63) is 76.3 Å². The number of furan rings is 1. The molecule has 0 radical (unpaired) electrons. The first-order valence-electron chi connectivity index (χ1n) is 9.93. The Morgan fingerprint density at radius 2 is 2.03 bits per heavy atom. The zero-order chi connectivity index (χ0) is 22.4. The number of fused-ring (bicyclic) bond motifs is 1. The summed E-state index contributed by atoms with van der Waals surface area (Å²) in [7, 11) is 0. The van der Waals surface area contributed by atoms with Crippen LogP contribution in [-0.2, 0) is 0 Å². The van der Waals surface area contributed by atoms with Crippen molar-refractivity contribution in [2.75, 3.05) is 5.32 Å². The van der Waals surface area contributed by atoms with Crippen LogP contribution in [0.3, 0.4) is 0 Å². The number of H-pyrrole nitrogens is 1. The van der Waals surface area contributed by atoms with Crippen LogP contribution in [-0.4, -0.2) is 25.6 Å². The van der Waals surface area contributed by atoms with Crippen molar-refractivity contribution in [3.8, 4) is 16.9 Å². The summed E-state index contributed by atoms with van der Waals surface area (Å²) in [4.78, 5) is 20.9. The summed E-state index contributed by atoms with van der Waals surface area (Å²) in [6, 6.07) is 11.1. The number of aryl methyl sites for hydroxylation is 3. The number of carbonyl (C=O) groups is 1. The molecule has 0 saturated heterocycles. The second kappa shape index (κ2) is 7.61. The first kappa shape index (κ1) is 20.0. The van der Waals surface area contributed by atoms with Gasteiger partial charge in [0.05, 0.1) is 22.3 Å². The van der Waals surface area contributed by atoms with Crippen LogP contribution in [0.1, 0.15) is 27.6 Å². The minimum Gasteiger partial charge on any atom is -0.466 e. The zero-order valence-corrected chi connectivity index (χ0v) is 18.4. The predicted octanol–water partition coefficient (Wildman–Crippen LogP) is 5.51. The van der Waals surface area contributed by atoms with Crippen molar-refractivity contribution < 1.29 is 13.7 Å². The maximum absolute atomic E-state index is 13.4. The van der Waals surface area contributed by atoms with Gasteiger partial charge in [0.2, 0.25) is 0 Å². The molecule has 2 N–H and O–H groups in total. The first-order chi connectivity index (χ1) is 15.4. The number of hydrogen-bond donors (Lipinski definition) is 2. The normalized spacial score (nSPS) is 11.2. The van der Waals surface area contributed by atoms with Gasteiger partial charge in [-0.25, -0.2) is 4.98 Å². The highest BCUT2D eigenvalue weighted by Crippen LogP contribution is 2.31. The van der Waals surface area contributed by atoms with Crippen molar-refractivity contribution in [1.29, 1.82) is 0 Å². The molecule has 4 aromatic heterocycles. The molecule has 160 valence electrons. The molecule has 0 bridgehead atoms. The third-order valence-electron chi connectivity index (χ3n) is 5.21. The van der Waals surface area contributed by atoms with Gasteiger partial charge in [0.25, 0.3) is 11.6 Å². The highest BCUT2D eigenvalue weighted by atomic mass is 32.1. The summed E-state index contributed by atoms with van der Waals surface area (Å²) in [5.74, 6) is 1.19. The van der Waals surface area contributed by atoms with E-state index in [0.29, 0.717) is 44.3 Å². The quantitative estimate of drug-likeness (QED) is 0.354. The number of nitrogens with zero attached hydrogens (tertiary/aromatic N) is 3. The monoisotopic (exact) mass is 445 g/mol. The van der Waals surface area contributed by atoms with Crippen molar-refractivity contribution in [1.82, 2.24) is 19.7 Å². The van der Waals surface area contributed by atoms with Gasteiger partial charge in [-0.3, -0.25) is 9.36 Å². The molecule has 0 atom stereocenters. The highest BCUT2D eigenvalue weighted by Gasteiger charge is 2.21. The van der Waals surface area contributed by atoms with Crippen LogP contribution in [0.4, 0.5) is 5.69 Å². The number of anilines is 1. The molecule has 8 nitrogen and oxygen atoms in total. The third kappa shape index (κ3) is 3.42. The fourth-order valence-electron chi connectivity index (χ4n) is 3.75. The molecule has 0 aliphatic rings. The van der Waals surface area contributed by atoms with E-state index in [1.54, 1.807) is 19.2 Å². The van der Waals surface area contributed by atoms with Crippen molar-refractivity contribution >= 4 is 34.9 Å². The molecule has 5 rings (SSSR count). The van der Waals surface area contributed by atoms with Gasteiger partial charge in [-0.2, -0.15) is 0 Å². The van der Waals surface area contributed by atoms with E-state index >= 15 is 0 Å². The van der Waals surface area contributed by atoms with Crippen LogP contribution in [0.25, 0.3) is 28.0 Å². The highest BCUT2D eigenvalue weighted by molar-refractivity contribution is 7.71. The third-order valence-corrected chi connectivity index (χ3v) is 5.52. The lowest BCUT2D eigenvalue weighted by Crippen LogP contribution is -2.13. The Morgan fingerprint density at radius 3 is 2.75 bits per heavy atom. The first-order valence-corrected chi connectivity index (χ1v) is 10.3. The summed E-state index contributed by atoms with van der Waals surface area (Å²) in [6.07, 6.45) is 3.59. The number of aromatic amines is 1. The second-order valence-corrected chi connectivity index (χ2v) is 7.86. The fourth-order valence-corrected chi connectivity index (χ4v) is 3.99. The van der Waals surface area contributed by atoms with E-state index in [1.807, 2.05) is 54.9 Å². The molecule has 0 aliphatic heterocycles. The smallest absolute Gasteiger partial charge is 0.259 e. The molecule has 9 heteroatoms. The number of hydrogen-bond acceptors (Lipinski definition) is 6. The summed E-state index contributed by atoms with van der Waals surface area (Å²) in [5, 5.41) is 7.55. The maximum atomic E-state index is 13.4. The lowest BCUT2D eigenvalue weighted by Gasteiger charge is -2.10. The second-order valence-electron chi connectivity index (χ2n) is 7.47. The number of carbonyl (C=O) groups excluding carboxylic acids is 1. The van der Waals surface area contributed by atoms with E-state index in [1.165, 1.54) is 0 Å². The van der Waals surface area contributed by atoms with Crippen molar-refractivity contribution in [3.63, 3.8) is 0 Å². The summed E-state index contributed by atoms with van der Waals surface area (Å²) < 4.78 is 13.4. The maximum Gasteiger partial charge on any atom is 0.259 e. The number of amides is 1. The topological polar surface area (TPSA) is 102 Å². The van der Waals surface area contributed by atoms with Crippen LogP contribution >= 0.6 is 12.2 Å². The van der Waals surface area contributed by atoms with Gasteiger partial charge < -0.3 is 19.2 Å². The predicted molar refractivity (Wildman–Crippen MR) is 123 cm³/mol. The standard InChI is InChI=1S/C23H19N5O3S/c1-12-9-17(14(3)30-12)19-11-18(20-13(2)27-31-22(20)26-19)21(29)25-15-5-4-6-16(10-15)28-8-7-24-23(28)32/h4-11H,1-3H3,(H,24,32)(H,25,29). The van der Waals surface area contributed by atoms with Gasteiger partial charge in [0.1, 0.15) is 11.5 Å². The molecule has 0 saturated carbocycles. The number of nitrogens with one attached hydrogen (secondary N) is 2.